The molecule has 4 nitrogen and oxygen atoms in total. The van der Waals surface area contributed by atoms with Crippen LogP contribution in [-0.4, -0.2) is 24.6 Å². The molecule has 0 saturated carbocycles. The van der Waals surface area contributed by atoms with Gasteiger partial charge in [-0.1, -0.05) is 0 Å². The highest BCUT2D eigenvalue weighted by Crippen LogP contribution is 2.18. The van der Waals surface area contributed by atoms with Crippen molar-refractivity contribution in [3.8, 4) is 0 Å². The lowest BCUT2D eigenvalue weighted by Crippen LogP contribution is -2.09. The van der Waals surface area contributed by atoms with Crippen molar-refractivity contribution in [1.29, 1.82) is 0 Å². The molecule has 0 radical (unpaired) electrons. The number of carbonyl (C=O) groups excluding carboxylic acids is 2. The zero-order valence-corrected chi connectivity index (χ0v) is 8.45. The molecule has 0 bridgehead atoms. The van der Waals surface area contributed by atoms with E-state index in [4.69, 9.17) is 9.47 Å². The van der Waals surface area contributed by atoms with Crippen LogP contribution in [0.15, 0.2) is 0 Å². The van der Waals surface area contributed by atoms with Crippen LogP contribution in [0, 0.1) is 0 Å². The molecule has 4 heteroatoms. The maximum atomic E-state index is 11.0. The molecule has 1 heterocycles. The summed E-state index contributed by atoms with van der Waals surface area (Å²) in [4.78, 5) is 21.7. The molecule has 1 aliphatic heterocycles. The summed E-state index contributed by atoms with van der Waals surface area (Å²) in [6.07, 6.45) is 3.26. The van der Waals surface area contributed by atoms with E-state index in [-0.39, 0.29) is 18.0 Å². The fourth-order valence-corrected chi connectivity index (χ4v) is 1.49. The summed E-state index contributed by atoms with van der Waals surface area (Å²) in [6.45, 7) is 2.22. The van der Waals surface area contributed by atoms with Crippen molar-refractivity contribution in [3.63, 3.8) is 0 Å². The van der Waals surface area contributed by atoms with Gasteiger partial charge in [-0.05, 0) is 26.2 Å². The molecule has 0 spiro atoms. The zero-order valence-electron chi connectivity index (χ0n) is 8.45. The number of hydrogen-bond acceptors (Lipinski definition) is 4. The summed E-state index contributed by atoms with van der Waals surface area (Å²) in [5, 5.41) is 0. The van der Waals surface area contributed by atoms with Gasteiger partial charge in [-0.25, -0.2) is 0 Å². The fraction of sp³-hybridized carbons (Fsp3) is 0.800. The largest absolute Gasteiger partial charge is 0.466 e. The van der Waals surface area contributed by atoms with E-state index < -0.39 is 0 Å². The maximum Gasteiger partial charge on any atom is 0.306 e. The Balaban J connectivity index is 2.04. The van der Waals surface area contributed by atoms with Crippen LogP contribution in [0.4, 0.5) is 0 Å². The van der Waals surface area contributed by atoms with Crippen LogP contribution in [0.1, 0.15) is 39.0 Å². The first-order chi connectivity index (χ1) is 6.72. The fourth-order valence-electron chi connectivity index (χ4n) is 1.49. The van der Waals surface area contributed by atoms with Crippen molar-refractivity contribution < 1.29 is 19.1 Å². The molecule has 80 valence electrons. The van der Waals surface area contributed by atoms with Crippen molar-refractivity contribution >= 4 is 11.9 Å². The predicted octanol–water partition coefficient (Wildman–Crippen LogP) is 1.43. The minimum Gasteiger partial charge on any atom is -0.466 e. The van der Waals surface area contributed by atoms with Crippen LogP contribution in [0.2, 0.25) is 0 Å². The quantitative estimate of drug-likeness (QED) is 0.630. The average molecular weight is 200 g/mol. The van der Waals surface area contributed by atoms with Gasteiger partial charge in [-0.3, -0.25) is 9.59 Å². The first-order valence-corrected chi connectivity index (χ1v) is 5.07. The molecular formula is C10H16O4. The third-order valence-electron chi connectivity index (χ3n) is 2.18. The monoisotopic (exact) mass is 200 g/mol. The van der Waals surface area contributed by atoms with Gasteiger partial charge in [0.25, 0.3) is 0 Å². The lowest BCUT2D eigenvalue weighted by Gasteiger charge is -2.07. The van der Waals surface area contributed by atoms with Crippen LogP contribution in [0.3, 0.4) is 0 Å². The van der Waals surface area contributed by atoms with Gasteiger partial charge >= 0.3 is 11.9 Å². The Labute approximate surface area is 83.6 Å². The third-order valence-corrected chi connectivity index (χ3v) is 2.18. The molecule has 14 heavy (non-hydrogen) atoms. The predicted molar refractivity (Wildman–Crippen MR) is 49.6 cm³/mol. The molecule has 0 aromatic rings. The van der Waals surface area contributed by atoms with E-state index in [2.05, 4.69) is 0 Å². The number of ether oxygens (including phenoxy) is 2. The summed E-state index contributed by atoms with van der Waals surface area (Å²) in [7, 11) is 0. The molecule has 0 N–H and O–H groups in total. The maximum absolute atomic E-state index is 11.0. The second kappa shape index (κ2) is 5.62. The topological polar surface area (TPSA) is 52.6 Å². The van der Waals surface area contributed by atoms with Gasteiger partial charge in [0.2, 0.25) is 0 Å². The summed E-state index contributed by atoms with van der Waals surface area (Å²) < 4.78 is 9.79. The summed E-state index contributed by atoms with van der Waals surface area (Å²) in [5.74, 6) is -0.289. The molecule has 0 aliphatic carbocycles. The Morgan fingerprint density at radius 2 is 2.43 bits per heavy atom. The van der Waals surface area contributed by atoms with Crippen molar-refractivity contribution in [1.82, 2.24) is 0 Å². The normalized spacial score (nSPS) is 20.6. The summed E-state index contributed by atoms with van der Waals surface area (Å²) >= 11 is 0. The zero-order chi connectivity index (χ0) is 10.4. The smallest absolute Gasteiger partial charge is 0.306 e. The number of rotatable bonds is 5. The Bertz CT molecular complexity index is 212. The van der Waals surface area contributed by atoms with Crippen LogP contribution >= 0.6 is 0 Å². The molecule has 0 aromatic heterocycles. The number of esters is 2. The van der Waals surface area contributed by atoms with E-state index in [1.165, 1.54) is 0 Å². The van der Waals surface area contributed by atoms with E-state index >= 15 is 0 Å². The Morgan fingerprint density at radius 1 is 1.64 bits per heavy atom. The van der Waals surface area contributed by atoms with Gasteiger partial charge in [0, 0.05) is 12.8 Å². The molecular weight excluding hydrogens is 184 g/mol. The summed E-state index contributed by atoms with van der Waals surface area (Å²) in [6, 6.07) is 0. The van der Waals surface area contributed by atoms with Gasteiger partial charge < -0.3 is 9.47 Å². The van der Waals surface area contributed by atoms with E-state index in [0.29, 0.717) is 19.4 Å². The highest BCUT2D eigenvalue weighted by atomic mass is 16.5. The Morgan fingerprint density at radius 3 is 3.00 bits per heavy atom. The van der Waals surface area contributed by atoms with Crippen molar-refractivity contribution in [2.24, 2.45) is 0 Å². The minimum atomic E-state index is -0.170. The van der Waals surface area contributed by atoms with Crippen LogP contribution in [-0.2, 0) is 19.1 Å². The molecule has 1 saturated heterocycles. The van der Waals surface area contributed by atoms with Gasteiger partial charge in [0.1, 0.15) is 6.10 Å². The Kier molecular flexibility index (Phi) is 4.43. The molecule has 1 atom stereocenters. The second-order valence-electron chi connectivity index (χ2n) is 3.35. The van der Waals surface area contributed by atoms with E-state index in [0.717, 1.165) is 19.3 Å². The Hall–Kier alpha value is -1.06. The standard InChI is InChI=1S/C10H16O4/c1-2-13-9(11)5-3-4-8-6-7-10(12)14-8/h8H,2-7H2,1H3/t8-/m1/s1. The molecule has 0 amide bonds. The van der Waals surface area contributed by atoms with Crippen LogP contribution in [0.5, 0.6) is 0 Å². The highest BCUT2D eigenvalue weighted by Gasteiger charge is 2.22. The number of hydrogen-bond donors (Lipinski definition) is 0. The van der Waals surface area contributed by atoms with Crippen molar-refractivity contribution in [2.45, 2.75) is 45.1 Å². The number of cyclic esters (lactones) is 1. The molecule has 1 fully saturated rings. The minimum absolute atomic E-state index is 0.0249. The van der Waals surface area contributed by atoms with E-state index in [9.17, 15) is 9.59 Å². The van der Waals surface area contributed by atoms with Crippen LogP contribution in [0.25, 0.3) is 0 Å². The van der Waals surface area contributed by atoms with Gasteiger partial charge in [0.15, 0.2) is 0 Å². The molecule has 0 unspecified atom stereocenters. The highest BCUT2D eigenvalue weighted by molar-refractivity contribution is 5.71. The third kappa shape index (κ3) is 3.77. The van der Waals surface area contributed by atoms with E-state index in [1.54, 1.807) is 6.92 Å². The van der Waals surface area contributed by atoms with Crippen molar-refractivity contribution in [2.75, 3.05) is 6.61 Å². The average Bonchev–Trinajstić information content (AvgIpc) is 2.52. The van der Waals surface area contributed by atoms with Gasteiger partial charge in [-0.15, -0.1) is 0 Å². The van der Waals surface area contributed by atoms with Crippen LogP contribution < -0.4 is 0 Å². The second-order valence-corrected chi connectivity index (χ2v) is 3.35. The van der Waals surface area contributed by atoms with Gasteiger partial charge in [0.05, 0.1) is 6.61 Å². The first-order valence-electron chi connectivity index (χ1n) is 5.07. The molecule has 0 aromatic carbocycles. The van der Waals surface area contributed by atoms with E-state index in [1.807, 2.05) is 0 Å². The SMILES string of the molecule is CCOC(=O)CCC[C@@H]1CCC(=O)O1. The number of carbonyl (C=O) groups is 2. The van der Waals surface area contributed by atoms with Crippen molar-refractivity contribution in [3.05, 3.63) is 0 Å². The summed E-state index contributed by atoms with van der Waals surface area (Å²) in [5.41, 5.74) is 0. The lowest BCUT2D eigenvalue weighted by atomic mass is 10.1. The lowest BCUT2D eigenvalue weighted by molar-refractivity contribution is -0.143. The molecule has 1 aliphatic rings. The first kappa shape index (κ1) is 11.0. The van der Waals surface area contributed by atoms with Gasteiger partial charge in [-0.2, -0.15) is 0 Å². The molecule has 1 rings (SSSR count).